The number of halogens is 4. The number of amides is 1. The Hall–Kier alpha value is -1.69. The quantitative estimate of drug-likeness (QED) is 0.626. The predicted molar refractivity (Wildman–Crippen MR) is 107 cm³/mol. The van der Waals surface area contributed by atoms with Gasteiger partial charge in [-0.05, 0) is 34.8 Å². The minimum atomic E-state index is -4.88. The maximum absolute atomic E-state index is 13.5. The van der Waals surface area contributed by atoms with E-state index in [0.717, 1.165) is 16.9 Å². The Kier molecular flexibility index (Phi) is 7.05. The minimum Gasteiger partial charge on any atom is -0.445 e. The summed E-state index contributed by atoms with van der Waals surface area (Å²) in [5.74, 6) is -1.41. The van der Waals surface area contributed by atoms with Gasteiger partial charge < -0.3 is 19.9 Å². The molecule has 1 amide bonds. The highest BCUT2D eigenvalue weighted by Gasteiger charge is 2.57. The average Bonchev–Trinajstić information content (AvgIpc) is 3.14. The standard InChI is InChI=1S/C19H20BrF3N2O4S/c1-11-7-13(15(26)19(21,22)23)18(10-29-11,16-24-14(20)9-30-16)25-17(27)28-8-12-5-3-2-4-6-12/h2-6,9,11,13,15,26H,7-8,10H2,1H3,(H,25,27)/t11-,13-,15?,18-/m0/s1. The Morgan fingerprint density at radius 2 is 2.17 bits per heavy atom. The van der Waals surface area contributed by atoms with Crippen LogP contribution in [0.2, 0.25) is 0 Å². The molecule has 4 atom stereocenters. The van der Waals surface area contributed by atoms with Crippen LogP contribution in [0.25, 0.3) is 0 Å². The highest BCUT2D eigenvalue weighted by Crippen LogP contribution is 2.45. The largest absolute Gasteiger partial charge is 0.445 e. The molecule has 1 unspecified atom stereocenters. The molecule has 3 rings (SSSR count). The Morgan fingerprint density at radius 1 is 1.47 bits per heavy atom. The van der Waals surface area contributed by atoms with Crippen LogP contribution in [-0.2, 0) is 21.6 Å². The number of hydrogen-bond donors (Lipinski definition) is 2. The number of benzene rings is 1. The van der Waals surface area contributed by atoms with Crippen LogP contribution < -0.4 is 5.32 Å². The number of carbonyl (C=O) groups excluding carboxylic acids is 1. The van der Waals surface area contributed by atoms with Crippen molar-refractivity contribution in [3.8, 4) is 0 Å². The lowest BCUT2D eigenvalue weighted by Gasteiger charge is -2.46. The van der Waals surface area contributed by atoms with Crippen LogP contribution >= 0.6 is 27.3 Å². The zero-order chi connectivity index (χ0) is 21.9. The van der Waals surface area contributed by atoms with Crippen molar-refractivity contribution in [2.24, 2.45) is 5.92 Å². The number of carbonyl (C=O) groups is 1. The second kappa shape index (κ2) is 9.21. The van der Waals surface area contributed by atoms with Crippen molar-refractivity contribution in [3.63, 3.8) is 0 Å². The molecule has 0 saturated carbocycles. The van der Waals surface area contributed by atoms with Gasteiger partial charge in [-0.1, -0.05) is 30.3 Å². The van der Waals surface area contributed by atoms with Crippen molar-refractivity contribution < 1.29 is 32.5 Å². The molecule has 2 heterocycles. The molecule has 0 bridgehead atoms. The van der Waals surface area contributed by atoms with Crippen LogP contribution in [0.5, 0.6) is 0 Å². The SMILES string of the molecule is C[C@H]1C[C@@H](C(O)C(F)(F)F)[C@](NC(=O)OCc2ccccc2)(c2nc(Br)cs2)CO1. The summed E-state index contributed by atoms with van der Waals surface area (Å²) in [5.41, 5.74) is -0.981. The fraction of sp³-hybridized carbons (Fsp3) is 0.474. The van der Waals surface area contributed by atoms with Crippen LogP contribution in [0.15, 0.2) is 40.3 Å². The molecule has 164 valence electrons. The maximum atomic E-state index is 13.5. The van der Waals surface area contributed by atoms with E-state index in [1.54, 1.807) is 36.6 Å². The van der Waals surface area contributed by atoms with Gasteiger partial charge in [0, 0.05) is 11.3 Å². The lowest BCUT2D eigenvalue weighted by Crippen LogP contribution is -2.62. The van der Waals surface area contributed by atoms with Gasteiger partial charge in [0.2, 0.25) is 0 Å². The normalized spacial score (nSPS) is 25.5. The molecule has 1 saturated heterocycles. The number of alkyl carbamates (subject to hydrolysis) is 1. The number of nitrogens with one attached hydrogen (secondary N) is 1. The number of nitrogens with zero attached hydrogens (tertiary/aromatic N) is 1. The molecule has 6 nitrogen and oxygen atoms in total. The summed E-state index contributed by atoms with van der Waals surface area (Å²) in [4.78, 5) is 16.8. The molecule has 2 aromatic rings. The first-order valence-electron chi connectivity index (χ1n) is 9.08. The molecule has 0 radical (unpaired) electrons. The average molecular weight is 509 g/mol. The van der Waals surface area contributed by atoms with Gasteiger partial charge in [0.25, 0.3) is 0 Å². The molecule has 0 spiro atoms. The zero-order valence-corrected chi connectivity index (χ0v) is 18.3. The zero-order valence-electron chi connectivity index (χ0n) is 15.9. The lowest BCUT2D eigenvalue weighted by molar-refractivity contribution is -0.242. The highest BCUT2D eigenvalue weighted by atomic mass is 79.9. The second-order valence-electron chi connectivity index (χ2n) is 7.08. The first-order chi connectivity index (χ1) is 14.1. The number of rotatable bonds is 5. The number of hydrogen-bond acceptors (Lipinski definition) is 6. The van der Waals surface area contributed by atoms with E-state index in [9.17, 15) is 23.1 Å². The van der Waals surface area contributed by atoms with Crippen molar-refractivity contribution in [1.82, 2.24) is 10.3 Å². The lowest BCUT2D eigenvalue weighted by atomic mass is 9.75. The molecule has 1 aromatic heterocycles. The van der Waals surface area contributed by atoms with Crippen molar-refractivity contribution in [3.05, 3.63) is 50.9 Å². The third-order valence-electron chi connectivity index (χ3n) is 4.93. The fourth-order valence-electron chi connectivity index (χ4n) is 3.44. The predicted octanol–water partition coefficient (Wildman–Crippen LogP) is 4.38. The van der Waals surface area contributed by atoms with Crippen molar-refractivity contribution >= 4 is 33.4 Å². The second-order valence-corrected chi connectivity index (χ2v) is 8.75. The number of aliphatic hydroxyl groups excluding tert-OH is 1. The summed E-state index contributed by atoms with van der Waals surface area (Å²) in [6.07, 6.45) is -9.15. The summed E-state index contributed by atoms with van der Waals surface area (Å²) < 4.78 is 51.7. The topological polar surface area (TPSA) is 80.7 Å². The Balaban J connectivity index is 1.90. The fourth-order valence-corrected chi connectivity index (χ4v) is 4.90. The van der Waals surface area contributed by atoms with E-state index in [1.807, 2.05) is 6.07 Å². The van der Waals surface area contributed by atoms with Crippen LogP contribution in [0, 0.1) is 5.92 Å². The molecule has 2 N–H and O–H groups in total. The van der Waals surface area contributed by atoms with Gasteiger partial charge in [0.1, 0.15) is 21.8 Å². The number of ether oxygens (including phenoxy) is 2. The Bertz CT molecular complexity index is 867. The summed E-state index contributed by atoms with van der Waals surface area (Å²) >= 11 is 4.25. The van der Waals surface area contributed by atoms with Crippen LogP contribution in [0.3, 0.4) is 0 Å². The number of aromatic nitrogens is 1. The van der Waals surface area contributed by atoms with Gasteiger partial charge >= 0.3 is 12.3 Å². The van der Waals surface area contributed by atoms with Gasteiger partial charge in [-0.2, -0.15) is 13.2 Å². The summed E-state index contributed by atoms with van der Waals surface area (Å²) in [5, 5.41) is 14.5. The molecule has 0 aliphatic carbocycles. The minimum absolute atomic E-state index is 0.0614. The Labute approximate surface area is 183 Å². The van der Waals surface area contributed by atoms with E-state index >= 15 is 0 Å². The van der Waals surface area contributed by atoms with E-state index in [0.29, 0.717) is 4.60 Å². The van der Waals surface area contributed by atoms with Crippen molar-refractivity contribution in [1.29, 1.82) is 0 Å². The van der Waals surface area contributed by atoms with Gasteiger partial charge in [0.05, 0.1) is 12.7 Å². The van der Waals surface area contributed by atoms with Gasteiger partial charge in [-0.25, -0.2) is 9.78 Å². The van der Waals surface area contributed by atoms with Crippen LogP contribution in [-0.4, -0.2) is 41.2 Å². The number of thiazole rings is 1. The summed E-state index contributed by atoms with van der Waals surface area (Å²) in [6.45, 7) is 1.27. The smallest absolute Gasteiger partial charge is 0.414 e. The third kappa shape index (κ3) is 5.13. The van der Waals surface area contributed by atoms with E-state index in [2.05, 4.69) is 26.2 Å². The van der Waals surface area contributed by atoms with Crippen LogP contribution in [0.1, 0.15) is 23.9 Å². The van der Waals surface area contributed by atoms with Crippen molar-refractivity contribution in [2.75, 3.05) is 6.61 Å². The maximum Gasteiger partial charge on any atom is 0.414 e. The summed E-state index contributed by atoms with van der Waals surface area (Å²) in [7, 11) is 0. The van der Waals surface area contributed by atoms with E-state index in [1.165, 1.54) is 0 Å². The highest BCUT2D eigenvalue weighted by molar-refractivity contribution is 9.10. The van der Waals surface area contributed by atoms with Gasteiger partial charge in [-0.15, -0.1) is 11.3 Å². The number of alkyl halides is 3. The molecule has 1 aromatic carbocycles. The molecular weight excluding hydrogens is 489 g/mol. The van der Waals surface area contributed by atoms with E-state index in [-0.39, 0.29) is 24.6 Å². The molecule has 11 heteroatoms. The first-order valence-corrected chi connectivity index (χ1v) is 10.8. The van der Waals surface area contributed by atoms with Crippen LogP contribution in [0.4, 0.5) is 18.0 Å². The van der Waals surface area contributed by atoms with Crippen molar-refractivity contribution in [2.45, 2.75) is 43.9 Å². The molecule has 1 aliphatic rings. The third-order valence-corrected chi connectivity index (χ3v) is 6.66. The molecule has 1 fully saturated rings. The van der Waals surface area contributed by atoms with E-state index < -0.39 is 35.9 Å². The summed E-state index contributed by atoms with van der Waals surface area (Å²) in [6, 6.07) is 8.86. The first kappa shape index (κ1) is 23.0. The molecular formula is C19H20BrF3N2O4S. The Morgan fingerprint density at radius 3 is 2.77 bits per heavy atom. The molecule has 30 heavy (non-hydrogen) atoms. The van der Waals surface area contributed by atoms with E-state index in [4.69, 9.17) is 9.47 Å². The number of aliphatic hydroxyl groups is 1. The molecule has 1 aliphatic heterocycles. The monoisotopic (exact) mass is 508 g/mol. The van der Waals surface area contributed by atoms with Gasteiger partial charge in [-0.3, -0.25) is 0 Å². The van der Waals surface area contributed by atoms with Gasteiger partial charge in [0.15, 0.2) is 6.10 Å².